The Morgan fingerprint density at radius 1 is 1.30 bits per heavy atom. The molecule has 1 atom stereocenters. The van der Waals surface area contributed by atoms with Crippen LogP contribution in [0.4, 0.5) is 0 Å². The standard InChI is InChI=1S/C16H21N3O2.2ClH/c20-16(15-12-17-8-11-21-15)18-7-3-9-19-10-6-13-4-1-2-5-14(13)19;;/h1-2,4-6,10,15,17H,3,7-9,11-12H2,(H,18,20);2*1H. The maximum Gasteiger partial charge on any atom is 0.250 e. The average Bonchev–Trinajstić information content (AvgIpc) is 2.95. The van der Waals surface area contributed by atoms with Gasteiger partial charge in [0.25, 0.3) is 0 Å². The molecule has 0 radical (unpaired) electrons. The number of carbonyl (C=O) groups is 1. The molecule has 0 bridgehead atoms. The lowest BCUT2D eigenvalue weighted by molar-refractivity contribution is -0.134. The van der Waals surface area contributed by atoms with Gasteiger partial charge < -0.3 is 19.9 Å². The second-order valence-corrected chi connectivity index (χ2v) is 5.28. The number of morpholine rings is 1. The van der Waals surface area contributed by atoms with E-state index in [4.69, 9.17) is 4.74 Å². The highest BCUT2D eigenvalue weighted by Gasteiger charge is 2.20. The van der Waals surface area contributed by atoms with E-state index in [1.165, 1.54) is 10.9 Å². The number of para-hydroxylation sites is 1. The molecule has 1 aromatic heterocycles. The van der Waals surface area contributed by atoms with E-state index >= 15 is 0 Å². The SMILES string of the molecule is Cl.Cl.O=C(NCCCn1ccc2ccccc21)C1CNCCO1. The lowest BCUT2D eigenvalue weighted by atomic mass is 10.2. The van der Waals surface area contributed by atoms with Crippen molar-refractivity contribution in [2.45, 2.75) is 19.1 Å². The second-order valence-electron chi connectivity index (χ2n) is 5.28. The lowest BCUT2D eigenvalue weighted by Gasteiger charge is -2.22. The molecule has 0 aliphatic carbocycles. The summed E-state index contributed by atoms with van der Waals surface area (Å²) in [6.07, 6.45) is 2.66. The zero-order chi connectivity index (χ0) is 14.5. The maximum absolute atomic E-state index is 11.9. The number of carbonyl (C=O) groups excluding carboxylic acids is 1. The number of benzene rings is 1. The van der Waals surface area contributed by atoms with Crippen LogP contribution in [0.25, 0.3) is 10.9 Å². The van der Waals surface area contributed by atoms with Gasteiger partial charge in [-0.2, -0.15) is 0 Å². The first-order valence-electron chi connectivity index (χ1n) is 7.48. The maximum atomic E-state index is 11.9. The normalized spacial score (nSPS) is 17.1. The van der Waals surface area contributed by atoms with Crippen molar-refractivity contribution in [2.75, 3.05) is 26.2 Å². The Hall–Kier alpha value is -1.27. The van der Waals surface area contributed by atoms with Crippen molar-refractivity contribution < 1.29 is 9.53 Å². The Bertz CT molecular complexity index is 612. The monoisotopic (exact) mass is 359 g/mol. The highest BCUT2D eigenvalue weighted by molar-refractivity contribution is 5.85. The molecular formula is C16H23Cl2N3O2. The van der Waals surface area contributed by atoms with Gasteiger partial charge in [-0.05, 0) is 23.9 Å². The molecule has 2 aromatic rings. The van der Waals surface area contributed by atoms with Crippen LogP contribution in [0.5, 0.6) is 0 Å². The first kappa shape index (κ1) is 19.8. The van der Waals surface area contributed by atoms with Gasteiger partial charge in [0.15, 0.2) is 0 Å². The summed E-state index contributed by atoms with van der Waals surface area (Å²) in [6, 6.07) is 10.4. The Balaban J connectivity index is 0.00000132. The molecule has 2 N–H and O–H groups in total. The number of rotatable bonds is 5. The zero-order valence-corrected chi connectivity index (χ0v) is 14.5. The molecule has 1 aliphatic heterocycles. The highest BCUT2D eigenvalue weighted by Crippen LogP contribution is 2.15. The van der Waals surface area contributed by atoms with Crippen molar-refractivity contribution in [1.82, 2.24) is 15.2 Å². The van der Waals surface area contributed by atoms with Crippen molar-refractivity contribution in [2.24, 2.45) is 0 Å². The quantitative estimate of drug-likeness (QED) is 0.802. The Labute approximate surface area is 148 Å². The molecule has 23 heavy (non-hydrogen) atoms. The van der Waals surface area contributed by atoms with Crippen LogP contribution in [-0.2, 0) is 16.1 Å². The van der Waals surface area contributed by atoms with Gasteiger partial charge in [-0.25, -0.2) is 0 Å². The average molecular weight is 360 g/mol. The van der Waals surface area contributed by atoms with E-state index in [9.17, 15) is 4.79 Å². The second kappa shape index (κ2) is 9.78. The van der Waals surface area contributed by atoms with Crippen LogP contribution in [0.15, 0.2) is 36.5 Å². The predicted octanol–water partition coefficient (Wildman–Crippen LogP) is 1.98. The van der Waals surface area contributed by atoms with Crippen LogP contribution in [0.2, 0.25) is 0 Å². The van der Waals surface area contributed by atoms with Gasteiger partial charge in [0.1, 0.15) is 6.10 Å². The van der Waals surface area contributed by atoms with Crippen LogP contribution in [0.3, 0.4) is 0 Å². The molecule has 0 saturated carbocycles. The first-order valence-corrected chi connectivity index (χ1v) is 7.48. The molecule has 0 spiro atoms. The van der Waals surface area contributed by atoms with E-state index in [1.807, 2.05) is 12.1 Å². The van der Waals surface area contributed by atoms with E-state index in [2.05, 4.69) is 39.6 Å². The molecule has 1 unspecified atom stereocenters. The van der Waals surface area contributed by atoms with Gasteiger partial charge in [0, 0.05) is 37.9 Å². The van der Waals surface area contributed by atoms with Crippen LogP contribution < -0.4 is 10.6 Å². The zero-order valence-electron chi connectivity index (χ0n) is 12.9. The third-order valence-corrected chi connectivity index (χ3v) is 3.78. The van der Waals surface area contributed by atoms with Gasteiger partial charge in [-0.3, -0.25) is 4.79 Å². The number of fused-ring (bicyclic) bond motifs is 1. The summed E-state index contributed by atoms with van der Waals surface area (Å²) in [7, 11) is 0. The van der Waals surface area contributed by atoms with Crippen molar-refractivity contribution >= 4 is 41.6 Å². The van der Waals surface area contributed by atoms with Gasteiger partial charge in [-0.1, -0.05) is 18.2 Å². The summed E-state index contributed by atoms with van der Waals surface area (Å²) < 4.78 is 7.64. The topological polar surface area (TPSA) is 55.3 Å². The minimum Gasteiger partial charge on any atom is -0.366 e. The number of aromatic nitrogens is 1. The van der Waals surface area contributed by atoms with Gasteiger partial charge in [0.2, 0.25) is 5.91 Å². The molecule has 1 aromatic carbocycles. The molecule has 1 aliphatic rings. The van der Waals surface area contributed by atoms with Gasteiger partial charge in [0.05, 0.1) is 6.61 Å². The lowest BCUT2D eigenvalue weighted by Crippen LogP contribution is -2.48. The number of ether oxygens (including phenoxy) is 1. The van der Waals surface area contributed by atoms with Gasteiger partial charge >= 0.3 is 0 Å². The van der Waals surface area contributed by atoms with Crippen molar-refractivity contribution in [3.05, 3.63) is 36.5 Å². The fraction of sp³-hybridized carbons (Fsp3) is 0.438. The fourth-order valence-electron chi connectivity index (χ4n) is 2.64. The smallest absolute Gasteiger partial charge is 0.250 e. The highest BCUT2D eigenvalue weighted by atomic mass is 35.5. The predicted molar refractivity (Wildman–Crippen MR) is 96.7 cm³/mol. The number of aryl methyl sites for hydroxylation is 1. The van der Waals surface area contributed by atoms with Crippen LogP contribution in [0, 0.1) is 0 Å². The third kappa shape index (κ3) is 5.11. The largest absolute Gasteiger partial charge is 0.366 e. The molecule has 128 valence electrons. The summed E-state index contributed by atoms with van der Waals surface area (Å²) in [4.78, 5) is 11.9. The summed E-state index contributed by atoms with van der Waals surface area (Å²) in [5, 5.41) is 7.36. The third-order valence-electron chi connectivity index (χ3n) is 3.78. The molecular weight excluding hydrogens is 337 g/mol. The molecule has 5 nitrogen and oxygen atoms in total. The van der Waals surface area contributed by atoms with Crippen LogP contribution >= 0.6 is 24.8 Å². The molecule has 2 heterocycles. The van der Waals surface area contributed by atoms with Crippen LogP contribution in [0.1, 0.15) is 6.42 Å². The number of nitrogens with one attached hydrogen (secondary N) is 2. The molecule has 3 rings (SSSR count). The molecule has 7 heteroatoms. The van der Waals surface area contributed by atoms with Crippen LogP contribution in [-0.4, -0.2) is 42.8 Å². The number of hydrogen-bond acceptors (Lipinski definition) is 3. The van der Waals surface area contributed by atoms with E-state index in [0.717, 1.165) is 19.5 Å². The van der Waals surface area contributed by atoms with E-state index in [0.29, 0.717) is 19.7 Å². The summed E-state index contributed by atoms with van der Waals surface area (Å²) in [6.45, 7) is 3.61. The van der Waals surface area contributed by atoms with Gasteiger partial charge in [-0.15, -0.1) is 24.8 Å². The summed E-state index contributed by atoms with van der Waals surface area (Å²) in [5.74, 6) is -0.0143. The van der Waals surface area contributed by atoms with E-state index < -0.39 is 0 Å². The minimum absolute atomic E-state index is 0. The van der Waals surface area contributed by atoms with Crippen molar-refractivity contribution in [3.63, 3.8) is 0 Å². The Morgan fingerprint density at radius 3 is 2.91 bits per heavy atom. The van der Waals surface area contributed by atoms with E-state index in [1.54, 1.807) is 0 Å². The number of halogens is 2. The molecule has 1 saturated heterocycles. The summed E-state index contributed by atoms with van der Waals surface area (Å²) >= 11 is 0. The minimum atomic E-state index is -0.342. The fourth-order valence-corrected chi connectivity index (χ4v) is 2.64. The summed E-state index contributed by atoms with van der Waals surface area (Å²) in [5.41, 5.74) is 1.24. The van der Waals surface area contributed by atoms with Crippen molar-refractivity contribution in [3.8, 4) is 0 Å². The van der Waals surface area contributed by atoms with Crippen molar-refractivity contribution in [1.29, 1.82) is 0 Å². The number of nitrogens with zero attached hydrogens (tertiary/aromatic N) is 1. The first-order chi connectivity index (χ1) is 10.3. The van der Waals surface area contributed by atoms with E-state index in [-0.39, 0.29) is 36.8 Å². The Morgan fingerprint density at radius 2 is 2.13 bits per heavy atom. The molecule has 1 amide bonds. The molecule has 1 fully saturated rings. The number of hydrogen-bond donors (Lipinski definition) is 2. The number of amides is 1. The Kier molecular flexibility index (Phi) is 8.41.